The van der Waals surface area contributed by atoms with Crippen molar-refractivity contribution >= 4 is 0 Å². The molecule has 1 heteroatoms. The van der Waals surface area contributed by atoms with Gasteiger partial charge in [0, 0.05) is 18.3 Å². The van der Waals surface area contributed by atoms with Crippen LogP contribution in [0.5, 0.6) is 0 Å². The van der Waals surface area contributed by atoms with E-state index >= 15 is 0 Å². The molecular formula is C12H12N. The molecule has 0 aliphatic rings. The Morgan fingerprint density at radius 3 is 2.77 bits per heavy atom. The summed E-state index contributed by atoms with van der Waals surface area (Å²) in [6.45, 7) is 2.10. The highest BCUT2D eigenvalue weighted by molar-refractivity contribution is 5.35. The first-order valence-corrected chi connectivity index (χ1v) is 4.39. The van der Waals surface area contributed by atoms with Gasteiger partial charge in [-0.3, -0.25) is 0 Å². The van der Waals surface area contributed by atoms with Crippen LogP contribution in [0, 0.1) is 13.3 Å². The molecule has 0 amide bonds. The molecule has 0 unspecified atom stereocenters. The molecule has 65 valence electrons. The molecule has 2 aromatic rings. The first-order chi connectivity index (χ1) is 6.34. The predicted octanol–water partition coefficient (Wildman–Crippen LogP) is 2.92. The zero-order chi connectivity index (χ0) is 9.10. The quantitative estimate of drug-likeness (QED) is 0.713. The lowest BCUT2D eigenvalue weighted by atomic mass is 10.1. The van der Waals surface area contributed by atoms with E-state index in [2.05, 4.69) is 48.7 Å². The fourth-order valence-corrected chi connectivity index (χ4v) is 1.37. The molecule has 1 aromatic heterocycles. The van der Waals surface area contributed by atoms with Crippen molar-refractivity contribution in [3.63, 3.8) is 0 Å². The summed E-state index contributed by atoms with van der Waals surface area (Å²) >= 11 is 0. The van der Waals surface area contributed by atoms with Crippen molar-refractivity contribution in [2.24, 2.45) is 0 Å². The lowest BCUT2D eigenvalue weighted by Crippen LogP contribution is -1.85. The largest absolute Gasteiger partial charge is 0.364 e. The summed E-state index contributed by atoms with van der Waals surface area (Å²) in [4.78, 5) is 3.15. The molecule has 0 aliphatic carbocycles. The first kappa shape index (κ1) is 8.11. The molecule has 0 bridgehead atoms. The molecule has 0 atom stereocenters. The average Bonchev–Trinajstić information content (AvgIpc) is 2.57. The molecule has 1 heterocycles. The van der Waals surface area contributed by atoms with Crippen LogP contribution < -0.4 is 0 Å². The van der Waals surface area contributed by atoms with Crippen LogP contribution in [0.2, 0.25) is 0 Å². The van der Waals surface area contributed by atoms with Gasteiger partial charge in [0.2, 0.25) is 0 Å². The van der Waals surface area contributed by atoms with E-state index in [1.807, 2.05) is 12.3 Å². The zero-order valence-corrected chi connectivity index (χ0v) is 7.62. The van der Waals surface area contributed by atoms with Gasteiger partial charge in [0.25, 0.3) is 0 Å². The Morgan fingerprint density at radius 2 is 2.08 bits per heavy atom. The number of hydrogen-bond acceptors (Lipinski definition) is 0. The lowest BCUT2D eigenvalue weighted by molar-refractivity contribution is 1.27. The maximum Gasteiger partial charge on any atom is 0.0364 e. The Hall–Kier alpha value is -1.50. The first-order valence-electron chi connectivity index (χ1n) is 4.39. The number of H-pyrrole nitrogens is 1. The molecule has 1 N–H and O–H groups in total. The second-order valence-electron chi connectivity index (χ2n) is 3.18. The van der Waals surface area contributed by atoms with Gasteiger partial charge in [-0.1, -0.05) is 29.8 Å². The maximum absolute atomic E-state index is 3.15. The Morgan fingerprint density at radius 1 is 1.15 bits per heavy atom. The molecule has 1 aromatic carbocycles. The number of hydrogen-bond donors (Lipinski definition) is 1. The predicted molar refractivity (Wildman–Crippen MR) is 54.5 cm³/mol. The minimum absolute atomic E-state index is 1.14. The molecule has 13 heavy (non-hydrogen) atoms. The van der Waals surface area contributed by atoms with Crippen LogP contribution in [0.3, 0.4) is 0 Å². The Bertz CT molecular complexity index is 374. The second-order valence-corrected chi connectivity index (χ2v) is 3.18. The normalized spacial score (nSPS) is 10.2. The van der Waals surface area contributed by atoms with Crippen LogP contribution in [-0.4, -0.2) is 4.98 Å². The van der Waals surface area contributed by atoms with E-state index in [0.29, 0.717) is 0 Å². The van der Waals surface area contributed by atoms with Gasteiger partial charge in [-0.15, -0.1) is 0 Å². The van der Waals surface area contributed by atoms with Gasteiger partial charge in [0.05, 0.1) is 0 Å². The van der Waals surface area contributed by atoms with E-state index in [1.54, 1.807) is 0 Å². The third kappa shape index (κ3) is 2.00. The fraction of sp³-hybridized carbons (Fsp3) is 0.0833. The fourth-order valence-electron chi connectivity index (χ4n) is 1.37. The van der Waals surface area contributed by atoms with Gasteiger partial charge < -0.3 is 4.98 Å². The highest BCUT2D eigenvalue weighted by atomic mass is 14.7. The van der Waals surface area contributed by atoms with E-state index in [0.717, 1.165) is 5.69 Å². The van der Waals surface area contributed by atoms with Crippen molar-refractivity contribution in [3.05, 3.63) is 65.8 Å². The van der Waals surface area contributed by atoms with Gasteiger partial charge in [0.15, 0.2) is 0 Å². The van der Waals surface area contributed by atoms with Crippen molar-refractivity contribution < 1.29 is 0 Å². The van der Waals surface area contributed by atoms with E-state index < -0.39 is 0 Å². The van der Waals surface area contributed by atoms with Gasteiger partial charge in [0.1, 0.15) is 0 Å². The number of aromatic nitrogens is 1. The Kier molecular flexibility index (Phi) is 2.17. The maximum atomic E-state index is 3.15. The standard InChI is InChI=1S/C12H12N/c1-10-4-2-5-11(8-10)9-12-6-3-7-13-12/h2-9,13H,1H3. The summed E-state index contributed by atoms with van der Waals surface area (Å²) in [5.41, 5.74) is 3.67. The summed E-state index contributed by atoms with van der Waals surface area (Å²) < 4.78 is 0. The van der Waals surface area contributed by atoms with Crippen molar-refractivity contribution in [1.82, 2.24) is 4.98 Å². The van der Waals surface area contributed by atoms with Crippen molar-refractivity contribution in [2.45, 2.75) is 6.92 Å². The summed E-state index contributed by atoms with van der Waals surface area (Å²) in [5.74, 6) is 0. The van der Waals surface area contributed by atoms with Crippen molar-refractivity contribution in [3.8, 4) is 0 Å². The molecule has 0 saturated heterocycles. The van der Waals surface area contributed by atoms with E-state index in [1.165, 1.54) is 11.1 Å². The van der Waals surface area contributed by atoms with Gasteiger partial charge >= 0.3 is 0 Å². The molecule has 0 saturated carbocycles. The number of nitrogens with one attached hydrogen (secondary N) is 1. The Labute approximate surface area is 78.4 Å². The molecule has 0 fully saturated rings. The zero-order valence-electron chi connectivity index (χ0n) is 7.62. The third-order valence-electron chi connectivity index (χ3n) is 1.99. The highest BCUT2D eigenvalue weighted by Gasteiger charge is 1.96. The summed E-state index contributed by atoms with van der Waals surface area (Å²) in [6.07, 6.45) is 4.06. The van der Waals surface area contributed by atoms with E-state index in [9.17, 15) is 0 Å². The number of aryl methyl sites for hydroxylation is 1. The van der Waals surface area contributed by atoms with E-state index in [-0.39, 0.29) is 0 Å². The topological polar surface area (TPSA) is 15.8 Å². The summed E-state index contributed by atoms with van der Waals surface area (Å²) in [5, 5.41) is 0. The molecule has 1 radical (unpaired) electrons. The van der Waals surface area contributed by atoms with Crippen LogP contribution >= 0.6 is 0 Å². The van der Waals surface area contributed by atoms with Crippen LogP contribution in [0.15, 0.2) is 42.6 Å². The van der Waals surface area contributed by atoms with Crippen LogP contribution in [0.1, 0.15) is 16.8 Å². The molecule has 1 nitrogen and oxygen atoms in total. The average molecular weight is 170 g/mol. The summed E-state index contributed by atoms with van der Waals surface area (Å²) in [6, 6.07) is 12.5. The van der Waals surface area contributed by atoms with Crippen LogP contribution in [0.4, 0.5) is 0 Å². The molecule has 2 rings (SSSR count). The van der Waals surface area contributed by atoms with Gasteiger partial charge in [-0.25, -0.2) is 0 Å². The third-order valence-corrected chi connectivity index (χ3v) is 1.99. The SMILES string of the molecule is Cc1cccc([CH]c2ccc[nH]2)c1. The number of rotatable bonds is 2. The van der Waals surface area contributed by atoms with Crippen molar-refractivity contribution in [1.29, 1.82) is 0 Å². The van der Waals surface area contributed by atoms with Gasteiger partial charge in [-0.2, -0.15) is 0 Å². The molecule has 0 spiro atoms. The molecular weight excluding hydrogens is 158 g/mol. The minimum Gasteiger partial charge on any atom is -0.364 e. The summed E-state index contributed by atoms with van der Waals surface area (Å²) in [7, 11) is 0. The second kappa shape index (κ2) is 3.48. The van der Waals surface area contributed by atoms with Gasteiger partial charge in [-0.05, 0) is 24.6 Å². The lowest BCUT2D eigenvalue weighted by Gasteiger charge is -1.99. The molecule has 0 aliphatic heterocycles. The highest BCUT2D eigenvalue weighted by Crippen LogP contribution is 2.11. The Balaban J connectivity index is 2.19. The van der Waals surface area contributed by atoms with Crippen LogP contribution in [0.25, 0.3) is 0 Å². The van der Waals surface area contributed by atoms with Crippen molar-refractivity contribution in [2.75, 3.05) is 0 Å². The monoisotopic (exact) mass is 170 g/mol. The number of benzene rings is 1. The minimum atomic E-state index is 1.14. The van der Waals surface area contributed by atoms with Crippen LogP contribution in [-0.2, 0) is 0 Å². The smallest absolute Gasteiger partial charge is 0.0364 e. The van der Waals surface area contributed by atoms with E-state index in [4.69, 9.17) is 0 Å². The number of aromatic amines is 1.